The SMILES string of the molecule is CO[C@H]1C[C@@H]2CC[C@@H](C)[C@@](O)(O2)C(=O)C(=O)N2CCCC[C@H]2C(=O)O[C@H]([C@H](C)C[C@@H]2CC[C@@H](O)[C@H](OC)C2)C[C@@H](O)[C@H](C)/C=C(\C)[C@@H](O)[C@@H](OC)C(=NCOCC(=O)NCCOCCOCCN2CCN(C)CC2)[C@H](C)C[C@H](C)/C=C/C=C/C=C/1C. The molecule has 21 heteroatoms. The fourth-order valence-electron chi connectivity index (χ4n) is 12.7. The van der Waals surface area contributed by atoms with Crippen molar-refractivity contribution in [3.63, 3.8) is 0 Å². The molecule has 86 heavy (non-hydrogen) atoms. The number of esters is 1. The third kappa shape index (κ3) is 22.6. The Balaban J connectivity index is 1.36. The average molecular weight is 1220 g/mol. The number of aliphatic hydroxyl groups excluding tert-OH is 3. The van der Waals surface area contributed by atoms with Gasteiger partial charge < -0.3 is 73.4 Å². The van der Waals surface area contributed by atoms with Crippen LogP contribution in [0.4, 0.5) is 0 Å². The normalized spacial score (nSPS) is 36.2. The monoisotopic (exact) mass is 1220 g/mol. The maximum Gasteiger partial charge on any atom is 0.329 e. The van der Waals surface area contributed by atoms with Gasteiger partial charge in [0.2, 0.25) is 11.7 Å². The molecule has 0 aromatic heterocycles. The fraction of sp³-hybridized carbons (Fsp3) is 0.800. The van der Waals surface area contributed by atoms with Gasteiger partial charge in [0.15, 0.2) is 0 Å². The minimum atomic E-state index is -2.44. The number of likely N-dealkylation sites (N-methyl/N-ethyl adjacent to an activating group) is 1. The lowest BCUT2D eigenvalue weighted by Gasteiger charge is -2.43. The maximum atomic E-state index is 14.6. The Labute approximate surface area is 513 Å². The number of Topliss-reactive ketones (excluding diaryl/α,β-unsaturated/α-hetero) is 1. The zero-order valence-corrected chi connectivity index (χ0v) is 53.8. The number of piperidine rings is 1. The standard InChI is InChI=1S/C65H109N5O16/c1-43-17-13-12-14-18-44(2)55(79-9)39-51-22-20-49(7)65(78,86-51)62(75)63(76)70-25-16-15-19-52(70)64(77)85-56(46(4)37-50-21-23-53(71)57(38-50)80-10)40-54(72)45(3)36-48(6)60(74)61(81-11)59(47(5)35-43)67-42-84-41-58(73)66-24-31-82-33-34-83-32-30-69-28-26-68(8)27-29-69/h12-14,17-18,36,43,45-47,49-57,60-61,71-72,74,78H,15-16,19-35,37-42H2,1-11H3,(H,66,73)/b14-12+,17-13+,44-18+,48-36+,67-59?/t43-,45-,46-,47-,49-,50+,51+,52+,53-,54-,55+,56+,57-,60-,61+,65-/m1/s1. The van der Waals surface area contributed by atoms with Gasteiger partial charge in [-0.15, -0.1) is 0 Å². The summed E-state index contributed by atoms with van der Waals surface area (Å²) in [6.45, 7) is 20.2. The Hall–Kier alpha value is -3.81. The van der Waals surface area contributed by atoms with Gasteiger partial charge in [-0.1, -0.05) is 71.1 Å². The molecule has 2 amide bonds. The summed E-state index contributed by atoms with van der Waals surface area (Å²) in [6.07, 6.45) is 11.1. The molecule has 3 saturated heterocycles. The van der Waals surface area contributed by atoms with Gasteiger partial charge in [-0.05, 0) is 120 Å². The predicted octanol–water partition coefficient (Wildman–Crippen LogP) is 5.22. The number of ketones is 1. The van der Waals surface area contributed by atoms with E-state index in [1.165, 1.54) is 12.0 Å². The number of carbonyl (C=O) groups is 4. The summed E-state index contributed by atoms with van der Waals surface area (Å²) in [4.78, 5) is 67.1. The summed E-state index contributed by atoms with van der Waals surface area (Å²) in [5.41, 5.74) is 1.91. The number of amides is 2. The van der Waals surface area contributed by atoms with Crippen LogP contribution < -0.4 is 5.32 Å². The van der Waals surface area contributed by atoms with Crippen LogP contribution in [0, 0.1) is 35.5 Å². The van der Waals surface area contributed by atoms with E-state index in [4.69, 9.17) is 42.9 Å². The highest BCUT2D eigenvalue weighted by molar-refractivity contribution is 6.39. The minimum Gasteiger partial charge on any atom is -0.460 e. The van der Waals surface area contributed by atoms with Crippen molar-refractivity contribution in [2.75, 3.05) is 114 Å². The second-order valence-corrected chi connectivity index (χ2v) is 25.2. The lowest BCUT2D eigenvalue weighted by Crippen LogP contribution is -2.61. The smallest absolute Gasteiger partial charge is 0.329 e. The summed E-state index contributed by atoms with van der Waals surface area (Å²) in [5, 5.41) is 49.8. The van der Waals surface area contributed by atoms with Gasteiger partial charge in [0.1, 0.15) is 37.7 Å². The molecular weight excluding hydrogens is 1110 g/mol. The van der Waals surface area contributed by atoms with Crippen LogP contribution in [0.1, 0.15) is 126 Å². The number of ether oxygens (including phenoxy) is 8. The molecule has 4 aliphatic heterocycles. The first kappa shape index (κ1) is 72.9. The highest BCUT2D eigenvalue weighted by Crippen LogP contribution is 2.38. The largest absolute Gasteiger partial charge is 0.460 e. The van der Waals surface area contributed by atoms with Crippen LogP contribution in [0.5, 0.6) is 0 Å². The van der Waals surface area contributed by atoms with Crippen molar-refractivity contribution in [1.29, 1.82) is 0 Å². The van der Waals surface area contributed by atoms with E-state index in [1.54, 1.807) is 34.1 Å². The zero-order valence-electron chi connectivity index (χ0n) is 53.8. The molecule has 21 nitrogen and oxygen atoms in total. The van der Waals surface area contributed by atoms with Crippen molar-refractivity contribution >= 4 is 29.3 Å². The molecule has 2 bridgehead atoms. The second-order valence-electron chi connectivity index (χ2n) is 25.2. The summed E-state index contributed by atoms with van der Waals surface area (Å²) >= 11 is 0. The number of carbonyl (C=O) groups excluding carboxylic acids is 4. The number of nitrogens with zero attached hydrogens (tertiary/aromatic N) is 4. The Morgan fingerprint density at radius 2 is 1.53 bits per heavy atom. The van der Waals surface area contributed by atoms with E-state index in [0.29, 0.717) is 102 Å². The summed E-state index contributed by atoms with van der Waals surface area (Å²) in [6, 6.07) is -1.13. The molecule has 16 atom stereocenters. The number of aliphatic hydroxyl groups is 4. The maximum absolute atomic E-state index is 14.6. The van der Waals surface area contributed by atoms with Crippen LogP contribution in [-0.4, -0.2) is 239 Å². The van der Waals surface area contributed by atoms with Crippen molar-refractivity contribution in [1.82, 2.24) is 20.0 Å². The van der Waals surface area contributed by atoms with E-state index in [0.717, 1.165) is 44.7 Å². The molecule has 4 heterocycles. The number of allylic oxidation sites excluding steroid dienone is 5. The summed E-state index contributed by atoms with van der Waals surface area (Å²) in [7, 11) is 6.81. The lowest BCUT2D eigenvalue weighted by molar-refractivity contribution is -0.265. The van der Waals surface area contributed by atoms with Crippen molar-refractivity contribution in [3.05, 3.63) is 47.6 Å². The second kappa shape index (κ2) is 37.4. The van der Waals surface area contributed by atoms with E-state index in [-0.39, 0.29) is 68.4 Å². The van der Waals surface area contributed by atoms with Crippen LogP contribution in [0.25, 0.3) is 0 Å². The van der Waals surface area contributed by atoms with Crippen molar-refractivity contribution in [2.45, 2.75) is 186 Å². The highest BCUT2D eigenvalue weighted by atomic mass is 16.6. The molecule has 0 aromatic carbocycles. The molecule has 4 fully saturated rings. The molecule has 0 unspecified atom stereocenters. The van der Waals surface area contributed by atoms with Crippen LogP contribution in [0.2, 0.25) is 0 Å². The first-order valence-corrected chi connectivity index (χ1v) is 31.8. The quantitative estimate of drug-likeness (QED) is 0.0481. The Kier molecular flexibility index (Phi) is 31.7. The average Bonchev–Trinajstić information content (AvgIpc) is 1.28. The van der Waals surface area contributed by atoms with E-state index in [2.05, 4.69) is 35.2 Å². The van der Waals surface area contributed by atoms with Gasteiger partial charge in [0, 0.05) is 97.5 Å². The topological polar surface area (TPSA) is 257 Å². The number of nitrogens with one attached hydrogen (secondary N) is 1. The van der Waals surface area contributed by atoms with Gasteiger partial charge in [-0.2, -0.15) is 0 Å². The van der Waals surface area contributed by atoms with E-state index in [1.807, 2.05) is 52.0 Å². The fourth-order valence-corrected chi connectivity index (χ4v) is 12.7. The van der Waals surface area contributed by atoms with Gasteiger partial charge in [0.25, 0.3) is 11.7 Å². The number of fused-ring (bicyclic) bond motifs is 3. The Morgan fingerprint density at radius 1 is 0.802 bits per heavy atom. The predicted molar refractivity (Wildman–Crippen MR) is 328 cm³/mol. The van der Waals surface area contributed by atoms with Crippen LogP contribution in [0.15, 0.2) is 52.6 Å². The van der Waals surface area contributed by atoms with E-state index < -0.39 is 84.1 Å². The van der Waals surface area contributed by atoms with Crippen molar-refractivity contribution in [3.8, 4) is 0 Å². The lowest BCUT2D eigenvalue weighted by atomic mass is 9.78. The Morgan fingerprint density at radius 3 is 2.24 bits per heavy atom. The first-order valence-electron chi connectivity index (χ1n) is 31.8. The molecule has 1 saturated carbocycles. The minimum absolute atomic E-state index is 0.00275. The molecule has 1 aliphatic carbocycles. The molecular formula is C65H109N5O16. The Bertz CT molecular complexity index is 2240. The van der Waals surface area contributed by atoms with E-state index >= 15 is 0 Å². The third-order valence-corrected chi connectivity index (χ3v) is 18.4. The van der Waals surface area contributed by atoms with Gasteiger partial charge >= 0.3 is 5.97 Å². The van der Waals surface area contributed by atoms with Crippen LogP contribution >= 0.6 is 0 Å². The number of methoxy groups -OCH3 is 3. The van der Waals surface area contributed by atoms with Gasteiger partial charge in [-0.25, -0.2) is 4.79 Å². The number of rotatable bonds is 19. The molecule has 0 spiro atoms. The number of cyclic esters (lactones) is 1. The highest BCUT2D eigenvalue weighted by Gasteiger charge is 2.53. The summed E-state index contributed by atoms with van der Waals surface area (Å²) in [5.74, 6) is -7.31. The van der Waals surface area contributed by atoms with Crippen LogP contribution in [-0.2, 0) is 57.1 Å². The van der Waals surface area contributed by atoms with Crippen molar-refractivity contribution in [2.24, 2.45) is 40.5 Å². The van der Waals surface area contributed by atoms with Crippen LogP contribution in [0.3, 0.4) is 0 Å². The van der Waals surface area contributed by atoms with Gasteiger partial charge in [-0.3, -0.25) is 24.3 Å². The zero-order chi connectivity index (χ0) is 62.9. The molecule has 0 aromatic rings. The number of aliphatic imine (C=N–C) groups is 1. The number of hydrogen-bond donors (Lipinski definition) is 5. The molecule has 5 rings (SSSR count). The number of piperazine rings is 1. The van der Waals surface area contributed by atoms with Gasteiger partial charge in [0.05, 0.1) is 56.9 Å². The van der Waals surface area contributed by atoms with E-state index in [9.17, 15) is 39.6 Å². The summed E-state index contributed by atoms with van der Waals surface area (Å²) < 4.78 is 47.5. The van der Waals surface area contributed by atoms with Crippen molar-refractivity contribution < 1.29 is 77.5 Å². The molecule has 5 N–H and O–H groups in total. The third-order valence-electron chi connectivity index (χ3n) is 18.4. The number of hydrogen-bond acceptors (Lipinski definition) is 19. The first-order chi connectivity index (χ1) is 41.1. The molecule has 0 radical (unpaired) electrons. The molecule has 5 aliphatic rings. The molecule has 490 valence electrons.